The second-order valence-corrected chi connectivity index (χ2v) is 4.48. The molecule has 0 aliphatic rings. The van der Waals surface area contributed by atoms with E-state index < -0.39 is 0 Å². The van der Waals surface area contributed by atoms with Crippen LogP contribution in [0.1, 0.15) is 24.2 Å². The van der Waals surface area contributed by atoms with Gasteiger partial charge < -0.3 is 10.5 Å². The molecule has 0 fully saturated rings. The van der Waals surface area contributed by atoms with Gasteiger partial charge in [-0.2, -0.15) is 11.8 Å². The Labute approximate surface area is 96.2 Å². The molecule has 2 atom stereocenters. The fourth-order valence-electron chi connectivity index (χ4n) is 1.59. The molecule has 0 saturated heterocycles. The van der Waals surface area contributed by atoms with E-state index in [0.717, 1.165) is 12.2 Å². The van der Waals surface area contributed by atoms with E-state index in [-0.39, 0.29) is 6.04 Å². The van der Waals surface area contributed by atoms with Gasteiger partial charge in [-0.15, -0.1) is 0 Å². The van der Waals surface area contributed by atoms with Gasteiger partial charge in [-0.25, -0.2) is 0 Å². The van der Waals surface area contributed by atoms with E-state index in [4.69, 9.17) is 10.5 Å². The summed E-state index contributed by atoms with van der Waals surface area (Å²) in [5.74, 6) is 0.898. The summed E-state index contributed by atoms with van der Waals surface area (Å²) in [7, 11) is 1.69. The third-order valence-corrected chi connectivity index (χ3v) is 3.67. The van der Waals surface area contributed by atoms with Crippen LogP contribution in [-0.4, -0.2) is 19.4 Å². The Morgan fingerprint density at radius 1 is 1.47 bits per heavy atom. The predicted octanol–water partition coefficient (Wildman–Crippen LogP) is 2.84. The molecule has 15 heavy (non-hydrogen) atoms. The Morgan fingerprint density at radius 2 is 2.20 bits per heavy atom. The van der Waals surface area contributed by atoms with Crippen molar-refractivity contribution >= 4 is 11.8 Å². The average Bonchev–Trinajstić information content (AvgIpc) is 2.30. The first kappa shape index (κ1) is 12.4. The van der Waals surface area contributed by atoms with Crippen LogP contribution in [0.3, 0.4) is 0 Å². The highest BCUT2D eigenvalue weighted by Gasteiger charge is 2.17. The maximum Gasteiger partial charge on any atom is 0.119 e. The predicted molar refractivity (Wildman–Crippen MR) is 67.5 cm³/mol. The molecule has 1 aromatic carbocycles. The van der Waals surface area contributed by atoms with Crippen molar-refractivity contribution in [1.82, 2.24) is 0 Å². The summed E-state index contributed by atoms with van der Waals surface area (Å²) < 4.78 is 5.21. The number of hydrogen-bond donors (Lipinski definition) is 1. The molecular weight excluding hydrogens is 206 g/mol. The Morgan fingerprint density at radius 3 is 2.73 bits per heavy atom. The normalized spacial score (nSPS) is 14.7. The number of hydrogen-bond acceptors (Lipinski definition) is 3. The molecule has 2 N–H and O–H groups in total. The van der Waals surface area contributed by atoms with Gasteiger partial charge in [0.05, 0.1) is 7.11 Å². The number of ether oxygens (including phenoxy) is 1. The first-order valence-electron chi connectivity index (χ1n) is 5.15. The highest BCUT2D eigenvalue weighted by atomic mass is 32.2. The van der Waals surface area contributed by atoms with Crippen LogP contribution in [0.5, 0.6) is 5.75 Å². The number of nitrogens with two attached hydrogens (primary N) is 1. The van der Waals surface area contributed by atoms with Crippen LogP contribution >= 0.6 is 11.8 Å². The molecule has 0 radical (unpaired) electrons. The van der Waals surface area contributed by atoms with Crippen molar-refractivity contribution in [3.8, 4) is 5.75 Å². The van der Waals surface area contributed by atoms with E-state index in [0.29, 0.717) is 5.25 Å². The molecule has 1 aromatic rings. The van der Waals surface area contributed by atoms with Gasteiger partial charge in [0.1, 0.15) is 5.75 Å². The van der Waals surface area contributed by atoms with Crippen molar-refractivity contribution in [3.63, 3.8) is 0 Å². The van der Waals surface area contributed by atoms with Crippen LogP contribution in [0, 0.1) is 0 Å². The molecule has 0 saturated carbocycles. The van der Waals surface area contributed by atoms with E-state index in [1.807, 2.05) is 12.1 Å². The SMILES string of the molecule is CCC(N)C(SC)c1cccc(OC)c1. The molecule has 0 amide bonds. The lowest BCUT2D eigenvalue weighted by atomic mass is 10.0. The van der Waals surface area contributed by atoms with Gasteiger partial charge in [0.25, 0.3) is 0 Å². The minimum atomic E-state index is 0.201. The highest BCUT2D eigenvalue weighted by Crippen LogP contribution is 2.32. The number of benzene rings is 1. The first-order chi connectivity index (χ1) is 7.22. The van der Waals surface area contributed by atoms with E-state index >= 15 is 0 Å². The molecule has 3 heteroatoms. The molecule has 0 aromatic heterocycles. The van der Waals surface area contributed by atoms with E-state index in [1.165, 1.54) is 5.56 Å². The average molecular weight is 225 g/mol. The van der Waals surface area contributed by atoms with E-state index in [2.05, 4.69) is 25.3 Å². The highest BCUT2D eigenvalue weighted by molar-refractivity contribution is 7.98. The van der Waals surface area contributed by atoms with Crippen molar-refractivity contribution in [2.45, 2.75) is 24.6 Å². The van der Waals surface area contributed by atoms with Gasteiger partial charge in [0.15, 0.2) is 0 Å². The van der Waals surface area contributed by atoms with Crippen LogP contribution in [0.15, 0.2) is 24.3 Å². The van der Waals surface area contributed by atoms with Gasteiger partial charge in [-0.05, 0) is 30.4 Å². The molecule has 0 aliphatic heterocycles. The lowest BCUT2D eigenvalue weighted by Gasteiger charge is -2.21. The van der Waals surface area contributed by atoms with Crippen LogP contribution in [0.2, 0.25) is 0 Å². The molecule has 0 aliphatic carbocycles. The second kappa shape index (κ2) is 6.03. The van der Waals surface area contributed by atoms with E-state index in [1.54, 1.807) is 18.9 Å². The quantitative estimate of drug-likeness (QED) is 0.837. The molecule has 2 unspecified atom stereocenters. The van der Waals surface area contributed by atoms with E-state index in [9.17, 15) is 0 Å². The summed E-state index contributed by atoms with van der Waals surface area (Å²) >= 11 is 1.79. The number of rotatable bonds is 5. The van der Waals surface area contributed by atoms with Crippen molar-refractivity contribution in [2.75, 3.05) is 13.4 Å². The van der Waals surface area contributed by atoms with Crippen LogP contribution < -0.4 is 10.5 Å². The zero-order valence-corrected chi connectivity index (χ0v) is 10.4. The zero-order valence-electron chi connectivity index (χ0n) is 9.57. The number of thioether (sulfide) groups is 1. The van der Waals surface area contributed by atoms with Crippen molar-refractivity contribution in [1.29, 1.82) is 0 Å². The minimum Gasteiger partial charge on any atom is -0.497 e. The number of methoxy groups -OCH3 is 1. The summed E-state index contributed by atoms with van der Waals surface area (Å²) in [6.45, 7) is 2.12. The first-order valence-corrected chi connectivity index (χ1v) is 6.44. The van der Waals surface area contributed by atoms with Crippen LogP contribution in [0.25, 0.3) is 0 Å². The van der Waals surface area contributed by atoms with Gasteiger partial charge in [-0.3, -0.25) is 0 Å². The van der Waals surface area contributed by atoms with Crippen molar-refractivity contribution < 1.29 is 4.74 Å². The van der Waals surface area contributed by atoms with Crippen LogP contribution in [0.4, 0.5) is 0 Å². The Bertz CT molecular complexity index is 303. The Kier molecular flexibility index (Phi) is 4.99. The molecule has 2 nitrogen and oxygen atoms in total. The summed E-state index contributed by atoms with van der Waals surface area (Å²) in [6, 6.07) is 8.35. The van der Waals surface area contributed by atoms with Gasteiger partial charge in [-0.1, -0.05) is 19.1 Å². The Balaban J connectivity index is 2.91. The van der Waals surface area contributed by atoms with Crippen LogP contribution in [-0.2, 0) is 0 Å². The fraction of sp³-hybridized carbons (Fsp3) is 0.500. The smallest absolute Gasteiger partial charge is 0.119 e. The standard InChI is InChI=1S/C12H19NOS/c1-4-11(13)12(15-3)9-6-5-7-10(8-9)14-2/h5-8,11-12H,4,13H2,1-3H3. The van der Waals surface area contributed by atoms with Crippen molar-refractivity contribution in [3.05, 3.63) is 29.8 Å². The Hall–Kier alpha value is -0.670. The van der Waals surface area contributed by atoms with Gasteiger partial charge in [0.2, 0.25) is 0 Å². The summed E-state index contributed by atoms with van der Waals surface area (Å²) in [5.41, 5.74) is 7.34. The molecule has 84 valence electrons. The topological polar surface area (TPSA) is 35.2 Å². The fourth-order valence-corrected chi connectivity index (χ4v) is 2.55. The summed E-state index contributed by atoms with van der Waals surface area (Å²) in [4.78, 5) is 0. The monoisotopic (exact) mass is 225 g/mol. The summed E-state index contributed by atoms with van der Waals surface area (Å²) in [6.07, 6.45) is 3.09. The molecule has 0 spiro atoms. The maximum absolute atomic E-state index is 6.09. The molecule has 1 rings (SSSR count). The minimum absolute atomic E-state index is 0.201. The third kappa shape index (κ3) is 3.14. The third-order valence-electron chi connectivity index (χ3n) is 2.54. The zero-order chi connectivity index (χ0) is 11.3. The summed E-state index contributed by atoms with van der Waals surface area (Å²) in [5, 5.41) is 0.352. The largest absolute Gasteiger partial charge is 0.497 e. The maximum atomic E-state index is 6.09. The van der Waals surface area contributed by atoms with Gasteiger partial charge >= 0.3 is 0 Å². The molecule has 0 bridgehead atoms. The molecule has 0 heterocycles. The molecular formula is C12H19NOS. The lowest BCUT2D eigenvalue weighted by Crippen LogP contribution is -2.25. The van der Waals surface area contributed by atoms with Crippen molar-refractivity contribution in [2.24, 2.45) is 5.73 Å². The lowest BCUT2D eigenvalue weighted by molar-refractivity contribution is 0.414. The second-order valence-electron chi connectivity index (χ2n) is 3.51. The van der Waals surface area contributed by atoms with Gasteiger partial charge in [0, 0.05) is 11.3 Å².